The molecule has 1 fully saturated rings. The second-order valence-corrected chi connectivity index (χ2v) is 7.68. The van der Waals surface area contributed by atoms with Crippen molar-refractivity contribution < 1.29 is 30.0 Å². The van der Waals surface area contributed by atoms with Gasteiger partial charge in [-0.2, -0.15) is 0 Å². The molecule has 0 spiro atoms. The van der Waals surface area contributed by atoms with Gasteiger partial charge in [0.1, 0.15) is 29.3 Å². The number of aliphatic hydroxyl groups is 2. The van der Waals surface area contributed by atoms with E-state index >= 15 is 0 Å². The molecule has 26 heavy (non-hydrogen) atoms. The number of phenols is 2. The summed E-state index contributed by atoms with van der Waals surface area (Å²) in [6.45, 7) is 0. The number of carbonyl (C=O) groups is 1. The first-order chi connectivity index (χ1) is 12.4. The van der Waals surface area contributed by atoms with Crippen molar-refractivity contribution in [2.24, 2.45) is 0 Å². The molecule has 5 atom stereocenters. The van der Waals surface area contributed by atoms with Gasteiger partial charge in [0, 0.05) is 23.5 Å². The van der Waals surface area contributed by atoms with E-state index in [1.165, 1.54) is 12.1 Å². The highest BCUT2D eigenvalue weighted by Gasteiger charge is 2.65. The molecule has 0 unspecified atom stereocenters. The van der Waals surface area contributed by atoms with Gasteiger partial charge in [-0.25, -0.2) is 0 Å². The summed E-state index contributed by atoms with van der Waals surface area (Å²) in [7, 11) is 0. The number of rotatable bonds is 0. The number of ether oxygens (including phenoxy) is 1. The van der Waals surface area contributed by atoms with Gasteiger partial charge in [-0.1, -0.05) is 12.1 Å². The van der Waals surface area contributed by atoms with Gasteiger partial charge in [0.15, 0.2) is 5.78 Å². The fourth-order valence-corrected chi connectivity index (χ4v) is 5.42. The second-order valence-electron chi connectivity index (χ2n) is 7.68. The zero-order valence-electron chi connectivity index (χ0n) is 13.6. The summed E-state index contributed by atoms with van der Waals surface area (Å²) in [5.41, 5.74) is 1.76. The van der Waals surface area contributed by atoms with E-state index in [0.717, 1.165) is 5.56 Å². The number of hydrogen-bond donors (Lipinski definition) is 4. The lowest BCUT2D eigenvalue weighted by atomic mass is 9.58. The van der Waals surface area contributed by atoms with Crippen LogP contribution in [0, 0.1) is 0 Å². The van der Waals surface area contributed by atoms with Crippen LogP contribution in [0.3, 0.4) is 0 Å². The zero-order valence-corrected chi connectivity index (χ0v) is 13.6. The molecule has 3 aliphatic carbocycles. The minimum Gasteiger partial charge on any atom is -0.508 e. The summed E-state index contributed by atoms with van der Waals surface area (Å²) >= 11 is 0. The third-order valence-corrected chi connectivity index (χ3v) is 6.51. The summed E-state index contributed by atoms with van der Waals surface area (Å²) in [5, 5.41) is 43.0. The second kappa shape index (κ2) is 4.28. The Labute approximate surface area is 148 Å². The van der Waals surface area contributed by atoms with E-state index in [1.54, 1.807) is 12.1 Å². The minimum absolute atomic E-state index is 0.0202. The van der Waals surface area contributed by atoms with Gasteiger partial charge >= 0.3 is 0 Å². The smallest absolute Gasteiger partial charge is 0.167 e. The molecule has 132 valence electrons. The molecule has 1 aliphatic heterocycles. The van der Waals surface area contributed by atoms with Crippen LogP contribution in [0.2, 0.25) is 0 Å². The summed E-state index contributed by atoms with van der Waals surface area (Å²) in [6, 6.07) is 6.41. The molecule has 0 amide bonds. The monoisotopic (exact) mass is 352 g/mol. The molecular weight excluding hydrogens is 336 g/mol. The number of aliphatic hydroxyl groups excluding tert-OH is 1. The maximum Gasteiger partial charge on any atom is 0.167 e. The van der Waals surface area contributed by atoms with Crippen LogP contribution >= 0.6 is 0 Å². The normalized spacial score (nSPS) is 35.4. The van der Waals surface area contributed by atoms with E-state index in [0.29, 0.717) is 22.3 Å². The van der Waals surface area contributed by atoms with Gasteiger partial charge in [-0.3, -0.25) is 4.79 Å². The molecule has 0 saturated carbocycles. The molecule has 0 bridgehead atoms. The molecule has 1 saturated heterocycles. The molecule has 4 N–H and O–H groups in total. The van der Waals surface area contributed by atoms with Gasteiger partial charge in [0.25, 0.3) is 0 Å². The number of Topliss-reactive ketones (excluding diaryl/α,β-unsaturated/α-hetero) is 1. The summed E-state index contributed by atoms with van der Waals surface area (Å²) in [4.78, 5) is 12.5. The average molecular weight is 352 g/mol. The predicted octanol–water partition coefficient (Wildman–Crippen LogP) is 1.84. The maximum absolute atomic E-state index is 12.5. The Hall–Kier alpha value is -2.41. The highest BCUT2D eigenvalue weighted by molar-refractivity contribution is 6.04. The Bertz CT molecular complexity index is 1030. The van der Waals surface area contributed by atoms with E-state index in [1.807, 2.05) is 0 Å². The Morgan fingerprint density at radius 2 is 1.73 bits per heavy atom. The quantitative estimate of drug-likeness (QED) is 0.539. The number of benzene rings is 2. The van der Waals surface area contributed by atoms with E-state index in [-0.39, 0.29) is 41.8 Å². The lowest BCUT2D eigenvalue weighted by Crippen LogP contribution is -2.46. The van der Waals surface area contributed by atoms with E-state index < -0.39 is 23.7 Å². The molecular formula is C20H16O6. The van der Waals surface area contributed by atoms with Crippen LogP contribution in [0.15, 0.2) is 24.3 Å². The predicted molar refractivity (Wildman–Crippen MR) is 89.0 cm³/mol. The van der Waals surface area contributed by atoms with Crippen LogP contribution in [0.4, 0.5) is 0 Å². The third-order valence-electron chi connectivity index (χ3n) is 6.51. The number of epoxide rings is 1. The lowest BCUT2D eigenvalue weighted by molar-refractivity contribution is -0.0192. The van der Waals surface area contributed by atoms with Crippen molar-refractivity contribution in [1.82, 2.24) is 0 Å². The average Bonchev–Trinajstić information content (AvgIpc) is 3.40. The largest absolute Gasteiger partial charge is 0.508 e. The van der Waals surface area contributed by atoms with E-state index in [2.05, 4.69) is 0 Å². The first-order valence-electron chi connectivity index (χ1n) is 8.75. The van der Waals surface area contributed by atoms with Crippen LogP contribution in [-0.2, 0) is 10.3 Å². The molecule has 0 radical (unpaired) electrons. The number of fused-ring (bicyclic) bond motifs is 4. The first-order valence-corrected chi connectivity index (χ1v) is 8.75. The summed E-state index contributed by atoms with van der Waals surface area (Å²) in [6.07, 6.45) is -1.45. The van der Waals surface area contributed by atoms with E-state index in [9.17, 15) is 25.2 Å². The van der Waals surface area contributed by atoms with Crippen LogP contribution in [0.1, 0.15) is 51.9 Å². The van der Waals surface area contributed by atoms with Gasteiger partial charge in [0.05, 0.1) is 11.7 Å². The first kappa shape index (κ1) is 14.7. The summed E-state index contributed by atoms with van der Waals surface area (Å²) < 4.78 is 5.68. The molecule has 0 aromatic heterocycles. The van der Waals surface area contributed by atoms with Gasteiger partial charge in [0.2, 0.25) is 0 Å². The zero-order chi connectivity index (χ0) is 18.0. The number of ketones is 1. The number of aromatic hydroxyl groups is 2. The van der Waals surface area contributed by atoms with Crippen molar-refractivity contribution in [3.63, 3.8) is 0 Å². The standard InChI is InChI=1S/C20H16O6/c21-9-4-2-8-7-1-3-10(22)14-12(7)16(18-19(26-18)17(14)24)20(25)6-5-11(23)13(9)15(8)20/h1-4,16-19,21-22,24-25H,5-6H2/t16-,17-,18-,19+,20-/m1/s1. The SMILES string of the molecule is O=C1CC[C@@]2(O)c3c(ccc(O)c31)-c1ccc(O)c3c1[C@@H]2[C@H]1O[C@H]1[C@@H]3O. The molecule has 6 rings (SSSR count). The number of carbonyl (C=O) groups excluding carboxylic acids is 1. The van der Waals surface area contributed by atoms with E-state index in [4.69, 9.17) is 4.74 Å². The number of phenolic OH excluding ortho intramolecular Hbond substituents is 2. The minimum atomic E-state index is -1.38. The Morgan fingerprint density at radius 3 is 2.54 bits per heavy atom. The van der Waals surface area contributed by atoms with Gasteiger partial charge in [-0.05, 0) is 35.2 Å². The van der Waals surface area contributed by atoms with Crippen molar-refractivity contribution in [2.45, 2.75) is 42.7 Å². The number of hydrogen-bond acceptors (Lipinski definition) is 6. The molecule has 4 aliphatic rings. The summed E-state index contributed by atoms with van der Waals surface area (Å²) in [5.74, 6) is -0.823. The van der Waals surface area contributed by atoms with Gasteiger partial charge in [-0.15, -0.1) is 0 Å². The van der Waals surface area contributed by atoms with Crippen molar-refractivity contribution in [2.75, 3.05) is 0 Å². The highest BCUT2D eigenvalue weighted by atomic mass is 16.6. The van der Waals surface area contributed by atoms with Crippen molar-refractivity contribution in [3.05, 3.63) is 46.5 Å². The maximum atomic E-state index is 12.5. The third kappa shape index (κ3) is 1.44. The highest BCUT2D eigenvalue weighted by Crippen LogP contribution is 2.65. The van der Waals surface area contributed by atoms with Crippen LogP contribution in [0.25, 0.3) is 11.1 Å². The molecule has 2 aromatic carbocycles. The van der Waals surface area contributed by atoms with Gasteiger partial charge < -0.3 is 25.2 Å². The Morgan fingerprint density at radius 1 is 1.00 bits per heavy atom. The molecule has 6 nitrogen and oxygen atoms in total. The molecule has 2 aromatic rings. The molecule has 1 heterocycles. The fraction of sp³-hybridized carbons (Fsp3) is 0.350. The fourth-order valence-electron chi connectivity index (χ4n) is 5.42. The van der Waals surface area contributed by atoms with Crippen molar-refractivity contribution in [3.8, 4) is 22.6 Å². The van der Waals surface area contributed by atoms with Crippen molar-refractivity contribution >= 4 is 5.78 Å². The lowest BCUT2D eigenvalue weighted by Gasteiger charge is -2.47. The van der Waals surface area contributed by atoms with Crippen LogP contribution < -0.4 is 0 Å². The van der Waals surface area contributed by atoms with Crippen LogP contribution in [-0.4, -0.2) is 38.4 Å². The van der Waals surface area contributed by atoms with Crippen molar-refractivity contribution in [1.29, 1.82) is 0 Å². The Kier molecular flexibility index (Phi) is 2.43. The molecule has 6 heteroatoms. The topological polar surface area (TPSA) is 111 Å². The van der Waals surface area contributed by atoms with Crippen LogP contribution in [0.5, 0.6) is 11.5 Å². The Balaban J connectivity index is 1.79.